The number of cyclic esters (lactones) is 1. The van der Waals surface area contributed by atoms with Gasteiger partial charge in [-0.1, -0.05) is 31.0 Å². The first-order chi connectivity index (χ1) is 12.1. The molecule has 1 aliphatic carbocycles. The van der Waals surface area contributed by atoms with Crippen LogP contribution in [0.1, 0.15) is 51.9 Å². The molecule has 2 aliphatic rings. The van der Waals surface area contributed by atoms with Gasteiger partial charge in [0.25, 0.3) is 0 Å². The highest BCUT2D eigenvalue weighted by Crippen LogP contribution is 2.28. The molecule has 138 valence electrons. The lowest BCUT2D eigenvalue weighted by atomic mass is 10.0. The zero-order valence-corrected chi connectivity index (χ0v) is 14.9. The van der Waals surface area contributed by atoms with Gasteiger partial charge in [0.15, 0.2) is 0 Å². The summed E-state index contributed by atoms with van der Waals surface area (Å²) in [6.07, 6.45) is 6.13. The normalized spacial score (nSPS) is 31.7. The summed E-state index contributed by atoms with van der Waals surface area (Å²) in [7, 11) is 0. The quantitative estimate of drug-likeness (QED) is 0.847. The van der Waals surface area contributed by atoms with E-state index in [0.29, 0.717) is 6.42 Å². The standard InChI is InChI=1S/C20H29NO4/c1-14-19(25-16-10-5-6-11-16)18(24-15-8-3-2-4-9-15)13-7-12-17(21)20(22)23-14/h2-4,8-9,14,16-19H,5-7,10-13,21H2,1H3/t14-,17-,18-,19-/m0/s1. The van der Waals surface area contributed by atoms with Crippen LogP contribution in [0.5, 0.6) is 5.75 Å². The lowest BCUT2D eigenvalue weighted by Crippen LogP contribution is -2.45. The largest absolute Gasteiger partial charge is 0.488 e. The van der Waals surface area contributed by atoms with Gasteiger partial charge in [0.1, 0.15) is 30.1 Å². The van der Waals surface area contributed by atoms with Crippen molar-refractivity contribution in [2.45, 2.75) is 82.3 Å². The van der Waals surface area contributed by atoms with E-state index in [1.54, 1.807) is 0 Å². The van der Waals surface area contributed by atoms with E-state index in [9.17, 15) is 4.79 Å². The molecule has 0 radical (unpaired) electrons. The van der Waals surface area contributed by atoms with Crippen LogP contribution in [-0.2, 0) is 14.3 Å². The minimum absolute atomic E-state index is 0.156. The van der Waals surface area contributed by atoms with Crippen molar-refractivity contribution in [1.29, 1.82) is 0 Å². The SMILES string of the molecule is C[C@@H]1OC(=O)[C@@H](N)CCC[C@H](Oc2ccccc2)[C@H]1OC1CCCC1. The van der Waals surface area contributed by atoms with E-state index in [2.05, 4.69) is 0 Å². The van der Waals surface area contributed by atoms with Gasteiger partial charge in [0.2, 0.25) is 0 Å². The zero-order valence-electron chi connectivity index (χ0n) is 14.9. The number of esters is 1. The molecule has 25 heavy (non-hydrogen) atoms. The molecule has 1 heterocycles. The number of nitrogens with two attached hydrogens (primary N) is 1. The zero-order chi connectivity index (χ0) is 17.6. The molecular formula is C20H29NO4. The molecule has 0 spiro atoms. The van der Waals surface area contributed by atoms with Gasteiger partial charge in [-0.2, -0.15) is 0 Å². The van der Waals surface area contributed by atoms with Crippen molar-refractivity contribution in [3.8, 4) is 5.75 Å². The van der Waals surface area contributed by atoms with Crippen molar-refractivity contribution < 1.29 is 19.0 Å². The maximum atomic E-state index is 12.1. The summed E-state index contributed by atoms with van der Waals surface area (Å²) in [6.45, 7) is 1.89. The Morgan fingerprint density at radius 1 is 1.04 bits per heavy atom. The Bertz CT molecular complexity index is 544. The number of hydrogen-bond donors (Lipinski definition) is 1. The first-order valence-electron chi connectivity index (χ1n) is 9.46. The Labute approximate surface area is 149 Å². The summed E-state index contributed by atoms with van der Waals surface area (Å²) >= 11 is 0. The van der Waals surface area contributed by atoms with E-state index < -0.39 is 6.04 Å². The van der Waals surface area contributed by atoms with Crippen molar-refractivity contribution in [3.05, 3.63) is 30.3 Å². The average Bonchev–Trinajstić information content (AvgIpc) is 3.13. The fourth-order valence-electron chi connectivity index (χ4n) is 3.71. The molecule has 1 aliphatic heterocycles. The topological polar surface area (TPSA) is 70.8 Å². The van der Waals surface area contributed by atoms with E-state index >= 15 is 0 Å². The van der Waals surface area contributed by atoms with Crippen molar-refractivity contribution in [1.82, 2.24) is 0 Å². The third-order valence-electron chi connectivity index (χ3n) is 5.12. The van der Waals surface area contributed by atoms with E-state index in [0.717, 1.165) is 31.4 Å². The minimum atomic E-state index is -0.565. The number of hydrogen-bond acceptors (Lipinski definition) is 5. The molecule has 3 rings (SSSR count). The smallest absolute Gasteiger partial charge is 0.323 e. The van der Waals surface area contributed by atoms with Crippen molar-refractivity contribution in [3.63, 3.8) is 0 Å². The van der Waals surface area contributed by atoms with Crippen LogP contribution in [0, 0.1) is 0 Å². The molecule has 4 atom stereocenters. The molecule has 1 aromatic carbocycles. The van der Waals surface area contributed by atoms with Crippen LogP contribution in [0.4, 0.5) is 0 Å². The number of rotatable bonds is 4. The molecule has 0 unspecified atom stereocenters. The molecule has 5 nitrogen and oxygen atoms in total. The predicted molar refractivity (Wildman–Crippen MR) is 95.4 cm³/mol. The first kappa shape index (κ1) is 18.2. The number of carbonyl (C=O) groups is 1. The second-order valence-electron chi connectivity index (χ2n) is 7.16. The predicted octanol–water partition coefficient (Wildman–Crippen LogP) is 3.20. The highest BCUT2D eigenvalue weighted by Gasteiger charge is 2.37. The van der Waals surface area contributed by atoms with E-state index in [4.69, 9.17) is 19.9 Å². The van der Waals surface area contributed by atoms with Crippen molar-refractivity contribution >= 4 is 5.97 Å². The van der Waals surface area contributed by atoms with Gasteiger partial charge in [-0.15, -0.1) is 0 Å². The van der Waals surface area contributed by atoms with Crippen molar-refractivity contribution in [2.24, 2.45) is 5.73 Å². The van der Waals surface area contributed by atoms with E-state index in [-0.39, 0.29) is 30.4 Å². The molecule has 0 amide bonds. The minimum Gasteiger partial charge on any atom is -0.488 e. The average molecular weight is 347 g/mol. The molecule has 2 fully saturated rings. The van der Waals surface area contributed by atoms with E-state index in [1.165, 1.54) is 12.8 Å². The van der Waals surface area contributed by atoms with Crippen LogP contribution in [0.3, 0.4) is 0 Å². The summed E-state index contributed by atoms with van der Waals surface area (Å²) in [5.41, 5.74) is 5.93. The highest BCUT2D eigenvalue weighted by atomic mass is 16.6. The molecule has 1 aromatic rings. The fraction of sp³-hybridized carbons (Fsp3) is 0.650. The van der Waals surface area contributed by atoms with E-state index in [1.807, 2.05) is 37.3 Å². The van der Waals surface area contributed by atoms with Gasteiger partial charge in [-0.05, 0) is 51.2 Å². The second-order valence-corrected chi connectivity index (χ2v) is 7.16. The maximum Gasteiger partial charge on any atom is 0.323 e. The Balaban J connectivity index is 1.78. The summed E-state index contributed by atoms with van der Waals surface area (Å²) in [5, 5.41) is 0. The van der Waals surface area contributed by atoms with Crippen LogP contribution in [-0.4, -0.2) is 36.4 Å². The monoisotopic (exact) mass is 347 g/mol. The fourth-order valence-corrected chi connectivity index (χ4v) is 3.71. The molecule has 1 saturated carbocycles. The Morgan fingerprint density at radius 2 is 1.76 bits per heavy atom. The van der Waals surface area contributed by atoms with Crippen LogP contribution >= 0.6 is 0 Å². The first-order valence-corrected chi connectivity index (χ1v) is 9.46. The van der Waals surface area contributed by atoms with Crippen LogP contribution in [0.2, 0.25) is 0 Å². The maximum absolute atomic E-state index is 12.1. The second kappa shape index (κ2) is 8.68. The Morgan fingerprint density at radius 3 is 2.48 bits per heavy atom. The third-order valence-corrected chi connectivity index (χ3v) is 5.12. The number of benzene rings is 1. The van der Waals surface area contributed by atoms with Crippen LogP contribution < -0.4 is 10.5 Å². The summed E-state index contributed by atoms with van der Waals surface area (Å²) in [5.74, 6) is 0.475. The van der Waals surface area contributed by atoms with Crippen molar-refractivity contribution in [2.75, 3.05) is 0 Å². The molecular weight excluding hydrogens is 318 g/mol. The molecule has 0 bridgehead atoms. The molecule has 2 N–H and O–H groups in total. The van der Waals surface area contributed by atoms with Gasteiger partial charge in [0, 0.05) is 0 Å². The van der Waals surface area contributed by atoms with Crippen LogP contribution in [0.25, 0.3) is 0 Å². The lowest BCUT2D eigenvalue weighted by molar-refractivity contribution is -0.167. The summed E-state index contributed by atoms with van der Waals surface area (Å²) < 4.78 is 18.2. The van der Waals surface area contributed by atoms with Gasteiger partial charge in [-0.25, -0.2) is 0 Å². The van der Waals surface area contributed by atoms with Gasteiger partial charge < -0.3 is 19.9 Å². The Kier molecular flexibility index (Phi) is 6.32. The highest BCUT2D eigenvalue weighted by molar-refractivity contribution is 5.75. The number of carbonyl (C=O) groups excluding carboxylic acids is 1. The number of ether oxygens (including phenoxy) is 3. The molecule has 1 saturated heterocycles. The van der Waals surface area contributed by atoms with Gasteiger partial charge >= 0.3 is 5.97 Å². The molecule has 0 aromatic heterocycles. The van der Waals surface area contributed by atoms with Crippen LogP contribution in [0.15, 0.2) is 30.3 Å². The lowest BCUT2D eigenvalue weighted by Gasteiger charge is -2.33. The Hall–Kier alpha value is -1.59. The van der Waals surface area contributed by atoms with Gasteiger partial charge in [-0.3, -0.25) is 4.79 Å². The number of para-hydroxylation sites is 1. The summed E-state index contributed by atoms with van der Waals surface area (Å²) in [6, 6.07) is 9.20. The third kappa shape index (κ3) is 4.95. The van der Waals surface area contributed by atoms with Gasteiger partial charge in [0.05, 0.1) is 6.10 Å². The summed E-state index contributed by atoms with van der Waals surface area (Å²) in [4.78, 5) is 12.1. The molecule has 5 heteroatoms.